The minimum absolute atomic E-state index is 0.201. The Labute approximate surface area is 96.8 Å². The van der Waals surface area contributed by atoms with Gasteiger partial charge in [-0.05, 0) is 44.1 Å². The number of likely N-dealkylation sites (N-methyl/N-ethyl adjacent to an activating group) is 1. The Morgan fingerprint density at radius 3 is 2.69 bits per heavy atom. The van der Waals surface area contributed by atoms with E-state index in [0.29, 0.717) is 5.92 Å². The van der Waals surface area contributed by atoms with E-state index in [2.05, 4.69) is 0 Å². The average Bonchev–Trinajstić information content (AvgIpc) is 2.79. The summed E-state index contributed by atoms with van der Waals surface area (Å²) in [5.74, 6) is 1.68. The van der Waals surface area contributed by atoms with Crippen LogP contribution in [0.2, 0.25) is 0 Å². The van der Waals surface area contributed by atoms with Gasteiger partial charge in [-0.25, -0.2) is 0 Å². The standard InChI is InChI=1S/C12H22N2O2/c1-14(11(6-13)12(15)16)7-10-5-8-2-3-9(10)4-8/h8-11H,2-7,13H2,1H3,(H,15,16). The number of hydrogen-bond acceptors (Lipinski definition) is 3. The van der Waals surface area contributed by atoms with Crippen LogP contribution in [0.15, 0.2) is 0 Å². The number of rotatable bonds is 5. The molecule has 0 heterocycles. The van der Waals surface area contributed by atoms with Crippen LogP contribution in [0.5, 0.6) is 0 Å². The van der Waals surface area contributed by atoms with E-state index < -0.39 is 12.0 Å². The number of carbonyl (C=O) groups is 1. The predicted molar refractivity (Wildman–Crippen MR) is 62.0 cm³/mol. The van der Waals surface area contributed by atoms with Crippen molar-refractivity contribution in [2.24, 2.45) is 23.5 Å². The summed E-state index contributed by atoms with van der Waals surface area (Å²) >= 11 is 0. The second-order valence-electron chi connectivity index (χ2n) is 5.46. The van der Waals surface area contributed by atoms with Crippen molar-refractivity contribution in [3.63, 3.8) is 0 Å². The van der Waals surface area contributed by atoms with Crippen molar-refractivity contribution >= 4 is 5.97 Å². The fraction of sp³-hybridized carbons (Fsp3) is 0.917. The van der Waals surface area contributed by atoms with Crippen LogP contribution < -0.4 is 5.73 Å². The van der Waals surface area contributed by atoms with Gasteiger partial charge < -0.3 is 10.8 Å². The highest BCUT2D eigenvalue weighted by Crippen LogP contribution is 2.48. The normalized spacial score (nSPS) is 34.6. The SMILES string of the molecule is CN(CC1CC2CCC1C2)C(CN)C(=O)O. The predicted octanol–water partition coefficient (Wildman–Crippen LogP) is 0.766. The molecule has 2 aliphatic carbocycles. The first kappa shape index (κ1) is 11.9. The molecule has 0 saturated heterocycles. The molecule has 0 aromatic carbocycles. The highest BCUT2D eigenvalue weighted by Gasteiger charge is 2.40. The van der Waals surface area contributed by atoms with Crippen molar-refractivity contribution < 1.29 is 9.90 Å². The monoisotopic (exact) mass is 226 g/mol. The van der Waals surface area contributed by atoms with Crippen molar-refractivity contribution in [3.05, 3.63) is 0 Å². The molecule has 0 spiro atoms. The van der Waals surface area contributed by atoms with Gasteiger partial charge in [-0.15, -0.1) is 0 Å². The molecule has 0 amide bonds. The molecule has 0 aromatic heterocycles. The Morgan fingerprint density at radius 1 is 1.50 bits per heavy atom. The molecular formula is C12H22N2O2. The average molecular weight is 226 g/mol. The summed E-state index contributed by atoms with van der Waals surface area (Å²) < 4.78 is 0. The van der Waals surface area contributed by atoms with Crippen molar-refractivity contribution in [1.82, 2.24) is 4.90 Å². The van der Waals surface area contributed by atoms with Gasteiger partial charge in [0.05, 0.1) is 0 Å². The number of nitrogens with two attached hydrogens (primary N) is 1. The lowest BCUT2D eigenvalue weighted by Gasteiger charge is -2.30. The van der Waals surface area contributed by atoms with Crippen LogP contribution in [0.3, 0.4) is 0 Å². The number of fused-ring (bicyclic) bond motifs is 2. The fourth-order valence-corrected chi connectivity index (χ4v) is 3.57. The van der Waals surface area contributed by atoms with Gasteiger partial charge in [0.1, 0.15) is 6.04 Å². The summed E-state index contributed by atoms with van der Waals surface area (Å²) in [5, 5.41) is 9.03. The van der Waals surface area contributed by atoms with E-state index in [0.717, 1.165) is 18.4 Å². The van der Waals surface area contributed by atoms with Crippen LogP contribution >= 0.6 is 0 Å². The lowest BCUT2D eigenvalue weighted by atomic mass is 9.88. The molecule has 2 bridgehead atoms. The number of carboxylic acid groups (broad SMARTS) is 1. The lowest BCUT2D eigenvalue weighted by Crippen LogP contribution is -2.46. The number of nitrogens with zero attached hydrogens (tertiary/aromatic N) is 1. The number of aliphatic carboxylic acids is 1. The van der Waals surface area contributed by atoms with Crippen LogP contribution in [0.1, 0.15) is 25.7 Å². The van der Waals surface area contributed by atoms with E-state index in [-0.39, 0.29) is 6.54 Å². The Hall–Kier alpha value is -0.610. The van der Waals surface area contributed by atoms with Gasteiger partial charge in [-0.1, -0.05) is 6.42 Å². The zero-order valence-corrected chi connectivity index (χ0v) is 9.93. The van der Waals surface area contributed by atoms with Crippen molar-refractivity contribution in [3.8, 4) is 0 Å². The molecule has 92 valence electrons. The van der Waals surface area contributed by atoms with Crippen molar-refractivity contribution in [2.75, 3.05) is 20.1 Å². The maximum Gasteiger partial charge on any atom is 0.322 e. The maximum absolute atomic E-state index is 11.0. The molecule has 16 heavy (non-hydrogen) atoms. The van der Waals surface area contributed by atoms with Crippen LogP contribution in [0, 0.1) is 17.8 Å². The Balaban J connectivity index is 1.87. The molecule has 2 rings (SSSR count). The van der Waals surface area contributed by atoms with E-state index in [9.17, 15) is 4.79 Å². The molecule has 2 fully saturated rings. The fourth-order valence-electron chi connectivity index (χ4n) is 3.57. The smallest absolute Gasteiger partial charge is 0.322 e. The lowest BCUT2D eigenvalue weighted by molar-refractivity contribution is -0.142. The summed E-state index contributed by atoms with van der Waals surface area (Å²) in [6.45, 7) is 1.10. The first-order chi connectivity index (χ1) is 7.61. The zero-order valence-electron chi connectivity index (χ0n) is 9.93. The third-order valence-electron chi connectivity index (χ3n) is 4.45. The zero-order chi connectivity index (χ0) is 11.7. The van der Waals surface area contributed by atoms with Gasteiger partial charge in [0.15, 0.2) is 0 Å². The van der Waals surface area contributed by atoms with E-state index >= 15 is 0 Å². The van der Waals surface area contributed by atoms with Gasteiger partial charge in [0.25, 0.3) is 0 Å². The van der Waals surface area contributed by atoms with E-state index in [1.807, 2.05) is 11.9 Å². The minimum Gasteiger partial charge on any atom is -0.480 e. The highest BCUT2D eigenvalue weighted by atomic mass is 16.4. The van der Waals surface area contributed by atoms with Crippen molar-refractivity contribution in [2.45, 2.75) is 31.7 Å². The maximum atomic E-state index is 11.0. The van der Waals surface area contributed by atoms with Crippen molar-refractivity contribution in [1.29, 1.82) is 0 Å². The third-order valence-corrected chi connectivity index (χ3v) is 4.45. The molecule has 2 aliphatic rings. The molecule has 2 saturated carbocycles. The molecule has 3 N–H and O–H groups in total. The van der Waals surface area contributed by atoms with E-state index in [4.69, 9.17) is 10.8 Å². The van der Waals surface area contributed by atoms with Crippen LogP contribution in [-0.2, 0) is 4.79 Å². The highest BCUT2D eigenvalue weighted by molar-refractivity contribution is 5.73. The topological polar surface area (TPSA) is 66.6 Å². The molecule has 0 aromatic rings. The van der Waals surface area contributed by atoms with Gasteiger partial charge in [-0.3, -0.25) is 9.69 Å². The summed E-state index contributed by atoms with van der Waals surface area (Å²) in [4.78, 5) is 12.9. The minimum atomic E-state index is -0.798. The molecule has 0 aliphatic heterocycles. The molecular weight excluding hydrogens is 204 g/mol. The first-order valence-electron chi connectivity index (χ1n) is 6.25. The summed E-state index contributed by atoms with van der Waals surface area (Å²) in [6.07, 6.45) is 5.42. The molecule has 4 unspecified atom stereocenters. The second kappa shape index (κ2) is 4.72. The van der Waals surface area contributed by atoms with Crippen LogP contribution in [-0.4, -0.2) is 42.2 Å². The van der Waals surface area contributed by atoms with Gasteiger partial charge in [0.2, 0.25) is 0 Å². The van der Waals surface area contributed by atoms with E-state index in [1.165, 1.54) is 25.7 Å². The number of carboxylic acids is 1. The van der Waals surface area contributed by atoms with E-state index in [1.54, 1.807) is 0 Å². The largest absolute Gasteiger partial charge is 0.480 e. The summed E-state index contributed by atoms with van der Waals surface area (Å²) in [6, 6.07) is -0.515. The third kappa shape index (κ3) is 2.23. The van der Waals surface area contributed by atoms with Gasteiger partial charge in [-0.2, -0.15) is 0 Å². The second-order valence-corrected chi connectivity index (χ2v) is 5.46. The molecule has 4 heteroatoms. The summed E-state index contributed by atoms with van der Waals surface area (Å²) in [7, 11) is 1.89. The Bertz CT molecular complexity index is 270. The van der Waals surface area contributed by atoms with Crippen LogP contribution in [0.25, 0.3) is 0 Å². The van der Waals surface area contributed by atoms with Gasteiger partial charge >= 0.3 is 5.97 Å². The summed E-state index contributed by atoms with van der Waals surface area (Å²) in [5.41, 5.74) is 5.50. The molecule has 4 atom stereocenters. The van der Waals surface area contributed by atoms with Crippen LogP contribution in [0.4, 0.5) is 0 Å². The quantitative estimate of drug-likeness (QED) is 0.726. The number of hydrogen-bond donors (Lipinski definition) is 2. The first-order valence-corrected chi connectivity index (χ1v) is 6.25. The Kier molecular flexibility index (Phi) is 3.50. The Morgan fingerprint density at radius 2 is 2.25 bits per heavy atom. The molecule has 0 radical (unpaired) electrons. The van der Waals surface area contributed by atoms with Gasteiger partial charge in [0, 0.05) is 13.1 Å². The molecule has 4 nitrogen and oxygen atoms in total.